The number of pyridine rings is 1. The van der Waals surface area contributed by atoms with Gasteiger partial charge in [-0.3, -0.25) is 14.6 Å². The van der Waals surface area contributed by atoms with Gasteiger partial charge in [0.25, 0.3) is 11.8 Å². The molecule has 1 aliphatic heterocycles. The van der Waals surface area contributed by atoms with Crippen molar-refractivity contribution < 1.29 is 9.59 Å². The average molecular weight is 380 g/mol. The lowest BCUT2D eigenvalue weighted by atomic mass is 10.0. The lowest BCUT2D eigenvalue weighted by Crippen LogP contribution is -2.32. The molecule has 1 saturated heterocycles. The van der Waals surface area contributed by atoms with Crippen molar-refractivity contribution in [2.75, 3.05) is 18.4 Å². The third-order valence-corrected chi connectivity index (χ3v) is 5.37. The van der Waals surface area contributed by atoms with Crippen LogP contribution in [-0.4, -0.2) is 34.8 Å². The van der Waals surface area contributed by atoms with Gasteiger partial charge in [0.1, 0.15) is 5.69 Å². The normalized spacial score (nSPS) is 14.4. The van der Waals surface area contributed by atoms with Crippen molar-refractivity contribution >= 4 is 17.5 Å². The van der Waals surface area contributed by atoms with Crippen LogP contribution in [0.25, 0.3) is 0 Å². The first-order chi connectivity index (χ1) is 13.6. The van der Waals surface area contributed by atoms with Crippen molar-refractivity contribution in [3.63, 3.8) is 0 Å². The zero-order chi connectivity index (χ0) is 19.9. The van der Waals surface area contributed by atoms with Gasteiger partial charge in [0.2, 0.25) is 0 Å². The fourth-order valence-corrected chi connectivity index (χ4v) is 3.72. The highest BCUT2D eigenvalue weighted by atomic mass is 16.2. The monoisotopic (exact) mass is 379 g/mol. The highest BCUT2D eigenvalue weighted by molar-refractivity contribution is 6.05. The van der Waals surface area contributed by atoms with E-state index >= 15 is 0 Å². The van der Waals surface area contributed by atoms with Crippen molar-refractivity contribution in [3.8, 4) is 0 Å². The summed E-state index contributed by atoms with van der Waals surface area (Å²) in [5.41, 5.74) is 3.87. The molecule has 2 amide bonds. The van der Waals surface area contributed by atoms with Gasteiger partial charge in [0.15, 0.2) is 0 Å². The second-order valence-electron chi connectivity index (χ2n) is 7.25. The highest BCUT2D eigenvalue weighted by Crippen LogP contribution is 2.23. The first kappa shape index (κ1) is 20.1. The number of nitrogens with one attached hydrogen (secondary N) is 1. The van der Waals surface area contributed by atoms with Gasteiger partial charge < -0.3 is 10.2 Å². The Morgan fingerprint density at radius 2 is 1.64 bits per heavy atom. The van der Waals surface area contributed by atoms with E-state index < -0.39 is 0 Å². The maximum absolute atomic E-state index is 12.9. The number of amides is 2. The first-order valence-corrected chi connectivity index (χ1v) is 10.3. The van der Waals surface area contributed by atoms with Crippen LogP contribution in [-0.2, 0) is 12.8 Å². The molecule has 1 aromatic heterocycles. The van der Waals surface area contributed by atoms with Crippen LogP contribution in [0.3, 0.4) is 0 Å². The highest BCUT2D eigenvalue weighted by Gasteiger charge is 2.19. The van der Waals surface area contributed by atoms with Crippen LogP contribution in [0.15, 0.2) is 36.5 Å². The van der Waals surface area contributed by atoms with E-state index in [9.17, 15) is 9.59 Å². The smallest absolute Gasteiger partial charge is 0.274 e. The third-order valence-electron chi connectivity index (χ3n) is 5.37. The maximum Gasteiger partial charge on any atom is 0.274 e. The Bertz CT molecular complexity index is 817. The predicted octanol–water partition coefficient (Wildman–Crippen LogP) is 4.47. The third kappa shape index (κ3) is 4.58. The van der Waals surface area contributed by atoms with Gasteiger partial charge in [0, 0.05) is 30.5 Å². The number of hydrogen-bond acceptors (Lipinski definition) is 3. The molecule has 0 spiro atoms. The second-order valence-corrected chi connectivity index (χ2v) is 7.25. The van der Waals surface area contributed by atoms with Crippen molar-refractivity contribution in [1.29, 1.82) is 0 Å². The Balaban J connectivity index is 1.80. The summed E-state index contributed by atoms with van der Waals surface area (Å²) in [6.07, 6.45) is 7.64. The molecule has 1 fully saturated rings. The van der Waals surface area contributed by atoms with Gasteiger partial charge in [-0.2, -0.15) is 0 Å². The van der Waals surface area contributed by atoms with E-state index in [1.165, 1.54) is 12.8 Å². The Kier molecular flexibility index (Phi) is 6.80. The number of anilines is 1. The fraction of sp³-hybridized carbons (Fsp3) is 0.435. The molecular formula is C23H29N3O2. The number of para-hydroxylation sites is 1. The summed E-state index contributed by atoms with van der Waals surface area (Å²) < 4.78 is 0. The van der Waals surface area contributed by atoms with E-state index in [1.807, 2.05) is 23.1 Å². The van der Waals surface area contributed by atoms with Crippen molar-refractivity contribution in [3.05, 3.63) is 58.9 Å². The van der Waals surface area contributed by atoms with E-state index in [0.717, 1.165) is 55.6 Å². The molecule has 5 heteroatoms. The number of hydrogen-bond donors (Lipinski definition) is 1. The molecule has 0 aliphatic carbocycles. The largest absolute Gasteiger partial charge is 0.339 e. The van der Waals surface area contributed by atoms with Crippen LogP contribution >= 0.6 is 0 Å². The quantitative estimate of drug-likeness (QED) is 0.833. The number of rotatable bonds is 5. The van der Waals surface area contributed by atoms with Gasteiger partial charge in [-0.25, -0.2) is 0 Å². The lowest BCUT2D eigenvalue weighted by Gasteiger charge is -2.20. The maximum atomic E-state index is 12.9. The summed E-state index contributed by atoms with van der Waals surface area (Å²) in [5.74, 6) is -0.289. The predicted molar refractivity (Wildman–Crippen MR) is 112 cm³/mol. The van der Waals surface area contributed by atoms with Gasteiger partial charge in [0.05, 0.1) is 0 Å². The van der Waals surface area contributed by atoms with Gasteiger partial charge >= 0.3 is 0 Å². The number of aromatic nitrogens is 1. The van der Waals surface area contributed by atoms with Crippen molar-refractivity contribution in [1.82, 2.24) is 9.88 Å². The van der Waals surface area contributed by atoms with Crippen LogP contribution < -0.4 is 5.32 Å². The van der Waals surface area contributed by atoms with Crippen LogP contribution in [0.5, 0.6) is 0 Å². The van der Waals surface area contributed by atoms with E-state index in [2.05, 4.69) is 24.1 Å². The van der Waals surface area contributed by atoms with Gasteiger partial charge in [-0.15, -0.1) is 0 Å². The van der Waals surface area contributed by atoms with E-state index in [4.69, 9.17) is 0 Å². The van der Waals surface area contributed by atoms with Gasteiger partial charge in [-0.1, -0.05) is 44.9 Å². The van der Waals surface area contributed by atoms with E-state index in [1.54, 1.807) is 18.3 Å². The van der Waals surface area contributed by atoms with Crippen LogP contribution in [0, 0.1) is 0 Å². The number of aryl methyl sites for hydroxylation is 2. The summed E-state index contributed by atoms with van der Waals surface area (Å²) >= 11 is 0. The Labute approximate surface area is 167 Å². The topological polar surface area (TPSA) is 62.3 Å². The number of carbonyl (C=O) groups is 2. The second kappa shape index (κ2) is 9.49. The molecule has 1 N–H and O–H groups in total. The summed E-state index contributed by atoms with van der Waals surface area (Å²) in [6, 6.07) is 9.39. The Morgan fingerprint density at radius 1 is 1.00 bits per heavy atom. The fourth-order valence-electron chi connectivity index (χ4n) is 3.72. The minimum Gasteiger partial charge on any atom is -0.339 e. The molecule has 0 unspecified atom stereocenters. The Hall–Kier alpha value is -2.69. The number of nitrogens with zero attached hydrogens (tertiary/aromatic N) is 2. The molecule has 1 aromatic carbocycles. The van der Waals surface area contributed by atoms with Crippen molar-refractivity contribution in [2.45, 2.75) is 52.4 Å². The summed E-state index contributed by atoms with van der Waals surface area (Å²) in [4.78, 5) is 31.8. The minimum absolute atomic E-state index is 0.0124. The molecule has 28 heavy (non-hydrogen) atoms. The molecule has 2 heterocycles. The van der Waals surface area contributed by atoms with Gasteiger partial charge in [-0.05, 0) is 48.9 Å². The summed E-state index contributed by atoms with van der Waals surface area (Å²) in [5, 5.41) is 3.03. The zero-order valence-electron chi connectivity index (χ0n) is 16.8. The first-order valence-electron chi connectivity index (χ1n) is 10.3. The van der Waals surface area contributed by atoms with Crippen LogP contribution in [0.2, 0.25) is 0 Å². The number of benzene rings is 1. The molecule has 0 bridgehead atoms. The van der Waals surface area contributed by atoms with Crippen molar-refractivity contribution in [2.24, 2.45) is 0 Å². The summed E-state index contributed by atoms with van der Waals surface area (Å²) in [7, 11) is 0. The summed E-state index contributed by atoms with van der Waals surface area (Å²) in [6.45, 7) is 5.71. The van der Waals surface area contributed by atoms with Crippen LogP contribution in [0.1, 0.15) is 71.5 Å². The average Bonchev–Trinajstić information content (AvgIpc) is 3.03. The zero-order valence-corrected chi connectivity index (χ0v) is 16.8. The molecule has 148 valence electrons. The molecule has 1 aliphatic rings. The molecule has 3 rings (SSSR count). The molecule has 2 aromatic rings. The molecule has 0 saturated carbocycles. The standard InChI is InChI=1S/C23H29N3O2/c1-3-17-10-9-11-18(4-2)21(17)25-22(27)20-16-19(12-13-24-20)23(28)26-14-7-5-6-8-15-26/h9-13,16H,3-8,14-15H2,1-2H3,(H,25,27). The Morgan fingerprint density at radius 3 is 2.25 bits per heavy atom. The molecule has 0 radical (unpaired) electrons. The van der Waals surface area contributed by atoms with E-state index in [-0.39, 0.29) is 17.5 Å². The van der Waals surface area contributed by atoms with E-state index in [0.29, 0.717) is 5.56 Å². The number of likely N-dealkylation sites (tertiary alicyclic amines) is 1. The van der Waals surface area contributed by atoms with Crippen LogP contribution in [0.4, 0.5) is 5.69 Å². The minimum atomic E-state index is -0.277. The molecular weight excluding hydrogens is 350 g/mol. The number of carbonyl (C=O) groups excluding carboxylic acids is 2. The molecule has 0 atom stereocenters. The lowest BCUT2D eigenvalue weighted by molar-refractivity contribution is 0.0761. The SMILES string of the molecule is CCc1cccc(CC)c1NC(=O)c1cc(C(=O)N2CCCCCC2)ccn1. The molecule has 5 nitrogen and oxygen atoms in total.